The number of thiazole rings is 1. The molecule has 0 spiro atoms. The number of aryl methyl sites for hydroxylation is 2. The van der Waals surface area contributed by atoms with Crippen molar-refractivity contribution in [3.63, 3.8) is 0 Å². The quantitative estimate of drug-likeness (QED) is 0.831. The van der Waals surface area contributed by atoms with Gasteiger partial charge in [-0.1, -0.05) is 28.1 Å². The Morgan fingerprint density at radius 3 is 2.72 bits per heavy atom. The van der Waals surface area contributed by atoms with Crippen LogP contribution in [-0.2, 0) is 0 Å². The summed E-state index contributed by atoms with van der Waals surface area (Å²) in [4.78, 5) is 6.01. The lowest BCUT2D eigenvalue weighted by Crippen LogP contribution is -2.11. The minimum absolute atomic E-state index is 0.370. The number of thiocarbonyl (C=S) groups is 1. The molecule has 0 amide bonds. The van der Waals surface area contributed by atoms with Gasteiger partial charge in [-0.2, -0.15) is 0 Å². The Bertz CT molecular complexity index is 588. The highest BCUT2D eigenvalue weighted by Gasteiger charge is 2.09. The van der Waals surface area contributed by atoms with Crippen LogP contribution < -0.4 is 11.1 Å². The number of rotatable bonds is 3. The number of halogens is 1. The van der Waals surface area contributed by atoms with Gasteiger partial charge in [-0.15, -0.1) is 11.3 Å². The number of hydrogen-bond donors (Lipinski definition) is 2. The van der Waals surface area contributed by atoms with Crippen molar-refractivity contribution in [3.8, 4) is 0 Å². The highest BCUT2D eigenvalue weighted by atomic mass is 79.9. The fourth-order valence-corrected chi connectivity index (χ4v) is 2.84. The normalized spacial score (nSPS) is 10.4. The van der Waals surface area contributed by atoms with Gasteiger partial charge in [-0.25, -0.2) is 4.98 Å². The fraction of sp³-hybridized carbons (Fsp3) is 0.167. The molecule has 0 bridgehead atoms. The van der Waals surface area contributed by atoms with E-state index in [-0.39, 0.29) is 0 Å². The molecule has 0 aliphatic carbocycles. The molecule has 0 atom stereocenters. The molecule has 0 saturated carbocycles. The number of hydrogen-bond acceptors (Lipinski definition) is 4. The molecular weight excluding hydrogens is 330 g/mol. The van der Waals surface area contributed by atoms with Gasteiger partial charge < -0.3 is 11.1 Å². The van der Waals surface area contributed by atoms with Crippen LogP contribution in [0.4, 0.5) is 10.8 Å². The summed E-state index contributed by atoms with van der Waals surface area (Å²) < 4.78 is 0.968. The Morgan fingerprint density at radius 2 is 2.17 bits per heavy atom. The van der Waals surface area contributed by atoms with Crippen LogP contribution in [0, 0.1) is 13.8 Å². The zero-order valence-corrected chi connectivity index (χ0v) is 13.2. The van der Waals surface area contributed by atoms with E-state index in [9.17, 15) is 0 Å². The van der Waals surface area contributed by atoms with E-state index in [0.29, 0.717) is 4.99 Å². The predicted octanol–water partition coefficient (Wildman–Crippen LogP) is 3.90. The third-order valence-corrected chi connectivity index (χ3v) is 4.22. The van der Waals surface area contributed by atoms with Gasteiger partial charge in [0.1, 0.15) is 4.99 Å². The van der Waals surface area contributed by atoms with Crippen molar-refractivity contribution in [1.82, 2.24) is 4.98 Å². The molecule has 0 aliphatic heterocycles. The number of nitrogens with zero attached hydrogens (tertiary/aromatic N) is 1. The Hall–Kier alpha value is -0.980. The average Bonchev–Trinajstić information content (AvgIpc) is 2.57. The molecule has 3 N–H and O–H groups in total. The molecule has 0 radical (unpaired) electrons. The van der Waals surface area contributed by atoms with Crippen molar-refractivity contribution in [2.45, 2.75) is 13.8 Å². The van der Waals surface area contributed by atoms with Crippen molar-refractivity contribution >= 4 is 55.3 Å². The molecule has 0 fully saturated rings. The molecular formula is C12H12BrN3S2. The summed E-state index contributed by atoms with van der Waals surface area (Å²) in [6.07, 6.45) is 0. The average molecular weight is 342 g/mol. The Balaban J connectivity index is 2.38. The molecule has 1 aromatic heterocycles. The van der Waals surface area contributed by atoms with Crippen LogP contribution in [0.2, 0.25) is 0 Å². The minimum Gasteiger partial charge on any atom is -0.389 e. The van der Waals surface area contributed by atoms with E-state index < -0.39 is 0 Å². The topological polar surface area (TPSA) is 50.9 Å². The molecule has 94 valence electrons. The monoisotopic (exact) mass is 341 g/mol. The number of anilines is 2. The van der Waals surface area contributed by atoms with Crippen LogP contribution in [0.15, 0.2) is 22.7 Å². The number of aromatic nitrogens is 1. The molecule has 2 rings (SSSR count). The molecule has 2 aromatic rings. The van der Waals surface area contributed by atoms with E-state index in [1.165, 1.54) is 4.88 Å². The fourth-order valence-electron chi connectivity index (χ4n) is 1.48. The first-order chi connectivity index (χ1) is 8.47. The van der Waals surface area contributed by atoms with E-state index >= 15 is 0 Å². The predicted molar refractivity (Wildman–Crippen MR) is 84.9 cm³/mol. The van der Waals surface area contributed by atoms with Crippen molar-refractivity contribution in [2.24, 2.45) is 5.73 Å². The van der Waals surface area contributed by atoms with Crippen molar-refractivity contribution in [3.05, 3.63) is 38.8 Å². The molecule has 18 heavy (non-hydrogen) atoms. The molecule has 0 saturated heterocycles. The minimum atomic E-state index is 0.370. The third-order valence-electron chi connectivity index (χ3n) is 2.52. The van der Waals surface area contributed by atoms with E-state index in [4.69, 9.17) is 18.0 Å². The van der Waals surface area contributed by atoms with Crippen LogP contribution in [0.1, 0.15) is 16.1 Å². The summed E-state index contributed by atoms with van der Waals surface area (Å²) in [6, 6.07) is 5.75. The molecule has 1 aromatic carbocycles. The Kier molecular flexibility index (Phi) is 3.99. The van der Waals surface area contributed by atoms with E-state index in [0.717, 1.165) is 26.5 Å². The maximum Gasteiger partial charge on any atom is 0.187 e. The van der Waals surface area contributed by atoms with Crippen LogP contribution >= 0.6 is 39.5 Å². The van der Waals surface area contributed by atoms with Crippen molar-refractivity contribution in [1.29, 1.82) is 0 Å². The van der Waals surface area contributed by atoms with Gasteiger partial charge in [0.15, 0.2) is 5.13 Å². The molecule has 1 heterocycles. The van der Waals surface area contributed by atoms with Gasteiger partial charge >= 0.3 is 0 Å². The first-order valence-electron chi connectivity index (χ1n) is 5.28. The molecule has 3 nitrogen and oxygen atoms in total. The van der Waals surface area contributed by atoms with E-state index in [2.05, 4.69) is 26.2 Å². The third kappa shape index (κ3) is 2.88. The lowest BCUT2D eigenvalue weighted by Gasteiger charge is -2.09. The van der Waals surface area contributed by atoms with Gasteiger partial charge in [-0.05, 0) is 32.0 Å². The Labute approximate surface area is 124 Å². The van der Waals surface area contributed by atoms with Gasteiger partial charge in [-0.3, -0.25) is 0 Å². The Morgan fingerprint density at radius 1 is 1.44 bits per heavy atom. The highest BCUT2D eigenvalue weighted by molar-refractivity contribution is 9.10. The van der Waals surface area contributed by atoms with Gasteiger partial charge in [0.25, 0.3) is 0 Å². The number of nitrogens with one attached hydrogen (secondary N) is 1. The lowest BCUT2D eigenvalue weighted by molar-refractivity contribution is 1.23. The summed E-state index contributed by atoms with van der Waals surface area (Å²) in [5.41, 5.74) is 8.43. The summed E-state index contributed by atoms with van der Waals surface area (Å²) in [5, 5.41) is 4.11. The summed E-state index contributed by atoms with van der Waals surface area (Å²) in [6.45, 7) is 4.04. The van der Waals surface area contributed by atoms with Gasteiger partial charge in [0.2, 0.25) is 0 Å². The first kappa shape index (κ1) is 13.5. The van der Waals surface area contributed by atoms with E-state index in [1.54, 1.807) is 11.3 Å². The van der Waals surface area contributed by atoms with Crippen molar-refractivity contribution in [2.75, 3.05) is 5.32 Å². The van der Waals surface area contributed by atoms with Crippen LogP contribution in [0.3, 0.4) is 0 Å². The largest absolute Gasteiger partial charge is 0.389 e. The highest BCUT2D eigenvalue weighted by Crippen LogP contribution is 2.28. The summed E-state index contributed by atoms with van der Waals surface area (Å²) >= 11 is 10.1. The summed E-state index contributed by atoms with van der Waals surface area (Å²) in [5.74, 6) is 0. The molecule has 0 aliphatic rings. The second-order valence-corrected chi connectivity index (χ2v) is 6.40. The second kappa shape index (κ2) is 5.34. The molecule has 0 unspecified atom stereocenters. The van der Waals surface area contributed by atoms with Gasteiger partial charge in [0, 0.05) is 14.9 Å². The zero-order valence-electron chi connectivity index (χ0n) is 9.95. The maximum absolute atomic E-state index is 5.71. The van der Waals surface area contributed by atoms with E-state index in [1.807, 2.05) is 32.0 Å². The SMILES string of the molecule is Cc1nc(Nc2cc(Br)ccc2C(N)=S)sc1C. The van der Waals surface area contributed by atoms with Crippen LogP contribution in [-0.4, -0.2) is 9.97 Å². The standard InChI is InChI=1S/C12H12BrN3S2/c1-6-7(2)18-12(15-6)16-10-5-8(13)3-4-9(10)11(14)17/h3-5H,1-2H3,(H2,14,17)(H,15,16). The zero-order chi connectivity index (χ0) is 13.3. The number of benzene rings is 1. The van der Waals surface area contributed by atoms with Gasteiger partial charge in [0.05, 0.1) is 11.4 Å². The number of nitrogens with two attached hydrogens (primary N) is 1. The van der Waals surface area contributed by atoms with Crippen LogP contribution in [0.5, 0.6) is 0 Å². The smallest absolute Gasteiger partial charge is 0.187 e. The van der Waals surface area contributed by atoms with Crippen molar-refractivity contribution < 1.29 is 0 Å². The maximum atomic E-state index is 5.71. The second-order valence-electron chi connectivity index (χ2n) is 3.84. The first-order valence-corrected chi connectivity index (χ1v) is 7.29. The molecule has 6 heteroatoms. The lowest BCUT2D eigenvalue weighted by atomic mass is 10.2. The summed E-state index contributed by atoms with van der Waals surface area (Å²) in [7, 11) is 0. The van der Waals surface area contributed by atoms with Crippen LogP contribution in [0.25, 0.3) is 0 Å².